The van der Waals surface area contributed by atoms with Gasteiger partial charge < -0.3 is 25.4 Å². The Morgan fingerprint density at radius 1 is 1.26 bits per heavy atom. The molecule has 0 saturated carbocycles. The van der Waals surface area contributed by atoms with E-state index in [2.05, 4.69) is 0 Å². The smallest absolute Gasteiger partial charge is 0.410 e. The first-order valence-electron chi connectivity index (χ1n) is 8.56. The molecule has 2 heterocycles. The first-order valence-corrected chi connectivity index (χ1v) is 8.56. The van der Waals surface area contributed by atoms with Gasteiger partial charge in [-0.15, -0.1) is 0 Å². The Labute approximate surface area is 156 Å². The van der Waals surface area contributed by atoms with Crippen LogP contribution >= 0.6 is 0 Å². The van der Waals surface area contributed by atoms with E-state index < -0.39 is 41.8 Å². The summed E-state index contributed by atoms with van der Waals surface area (Å²) in [4.78, 5) is 56.2. The van der Waals surface area contributed by atoms with Gasteiger partial charge in [-0.25, -0.2) is 9.86 Å². The van der Waals surface area contributed by atoms with Gasteiger partial charge in [0, 0.05) is 20.0 Å². The monoisotopic (exact) mass is 386 g/mol. The van der Waals surface area contributed by atoms with Crippen molar-refractivity contribution in [3.05, 3.63) is 0 Å². The minimum atomic E-state index is -1.37. The number of carbonyl (C=O) groups is 4. The van der Waals surface area contributed by atoms with Crippen LogP contribution < -0.4 is 5.73 Å². The van der Waals surface area contributed by atoms with Crippen LogP contribution in [-0.2, 0) is 24.0 Å². The van der Waals surface area contributed by atoms with Crippen LogP contribution in [0, 0.1) is 0 Å². The highest BCUT2D eigenvalue weighted by atomic mass is 16.7. The topological polar surface area (TPSA) is 143 Å². The lowest BCUT2D eigenvalue weighted by Gasteiger charge is -2.57. The summed E-state index contributed by atoms with van der Waals surface area (Å²) in [5.41, 5.74) is 3.10. The van der Waals surface area contributed by atoms with Gasteiger partial charge in [0.05, 0.1) is 19.7 Å². The number of carbonyl (C=O) groups excluding carboxylic acids is 4. The fourth-order valence-corrected chi connectivity index (χ4v) is 3.11. The van der Waals surface area contributed by atoms with Crippen molar-refractivity contribution in [3.8, 4) is 0 Å². The van der Waals surface area contributed by atoms with E-state index in [0.717, 1.165) is 5.06 Å². The summed E-state index contributed by atoms with van der Waals surface area (Å²) >= 11 is 0. The Kier molecular flexibility index (Phi) is 5.66. The number of aliphatic hydroxyl groups is 1. The van der Waals surface area contributed by atoms with E-state index in [1.54, 1.807) is 20.8 Å². The zero-order valence-corrected chi connectivity index (χ0v) is 15.9. The number of β-lactam (4-membered cyclic amide) rings is 1. The van der Waals surface area contributed by atoms with E-state index in [1.165, 1.54) is 16.7 Å². The van der Waals surface area contributed by atoms with Crippen molar-refractivity contribution in [2.45, 2.75) is 44.9 Å². The second-order valence-electron chi connectivity index (χ2n) is 7.62. The summed E-state index contributed by atoms with van der Waals surface area (Å²) in [5.74, 6) is -1.83. The molecular weight excluding hydrogens is 360 g/mol. The SMILES string of the molecule is CC(=O)N1CCN(C(=O)OC(C)(C)C)CC12CN(OC(CO)C(N)=O)C2=O. The minimum absolute atomic E-state index is 0.0550. The van der Waals surface area contributed by atoms with Crippen LogP contribution in [0.4, 0.5) is 4.79 Å². The third-order valence-corrected chi connectivity index (χ3v) is 4.36. The summed E-state index contributed by atoms with van der Waals surface area (Å²) in [6.07, 6.45) is -1.95. The molecule has 11 heteroatoms. The van der Waals surface area contributed by atoms with Crippen molar-refractivity contribution in [1.29, 1.82) is 0 Å². The van der Waals surface area contributed by atoms with Crippen LogP contribution in [0.3, 0.4) is 0 Å². The molecule has 0 aliphatic carbocycles. The maximum atomic E-state index is 12.8. The van der Waals surface area contributed by atoms with Gasteiger partial charge >= 0.3 is 6.09 Å². The van der Waals surface area contributed by atoms with Crippen LogP contribution in [-0.4, -0.2) is 93.8 Å². The molecule has 0 aromatic heterocycles. The molecule has 2 unspecified atom stereocenters. The van der Waals surface area contributed by atoms with Crippen molar-refractivity contribution in [2.24, 2.45) is 5.73 Å². The highest BCUT2D eigenvalue weighted by Crippen LogP contribution is 2.34. The largest absolute Gasteiger partial charge is 0.444 e. The van der Waals surface area contributed by atoms with Gasteiger partial charge in [0.25, 0.3) is 11.8 Å². The molecular formula is C16H26N4O7. The van der Waals surface area contributed by atoms with E-state index in [-0.39, 0.29) is 32.1 Å². The Balaban J connectivity index is 2.16. The van der Waals surface area contributed by atoms with Gasteiger partial charge in [0.1, 0.15) is 5.60 Å². The molecule has 0 radical (unpaired) electrons. The number of primary amides is 1. The minimum Gasteiger partial charge on any atom is -0.444 e. The number of ether oxygens (including phenoxy) is 1. The summed E-state index contributed by atoms with van der Waals surface area (Å²) in [6.45, 7) is 6.11. The number of nitrogens with zero attached hydrogens (tertiary/aromatic N) is 3. The molecule has 0 aromatic rings. The van der Waals surface area contributed by atoms with E-state index in [4.69, 9.17) is 20.4 Å². The van der Waals surface area contributed by atoms with Gasteiger partial charge in [-0.2, -0.15) is 0 Å². The van der Waals surface area contributed by atoms with Gasteiger partial charge in [0.15, 0.2) is 11.6 Å². The van der Waals surface area contributed by atoms with Crippen molar-refractivity contribution in [1.82, 2.24) is 14.9 Å². The van der Waals surface area contributed by atoms with E-state index in [1.807, 2.05) is 0 Å². The average Bonchev–Trinajstić information content (AvgIpc) is 2.55. The molecule has 1 spiro atoms. The first kappa shape index (κ1) is 20.9. The van der Waals surface area contributed by atoms with Crippen molar-refractivity contribution < 1.29 is 33.9 Å². The number of hydrogen-bond donors (Lipinski definition) is 2. The highest BCUT2D eigenvalue weighted by Gasteiger charge is 2.61. The van der Waals surface area contributed by atoms with E-state index in [9.17, 15) is 19.2 Å². The molecule has 2 rings (SSSR count). The highest BCUT2D eigenvalue weighted by molar-refractivity contribution is 5.97. The second kappa shape index (κ2) is 7.31. The Bertz CT molecular complexity index is 647. The molecule has 152 valence electrons. The number of aliphatic hydroxyl groups excluding tert-OH is 1. The predicted molar refractivity (Wildman–Crippen MR) is 90.8 cm³/mol. The van der Waals surface area contributed by atoms with E-state index >= 15 is 0 Å². The molecule has 2 fully saturated rings. The number of hydrogen-bond acceptors (Lipinski definition) is 7. The van der Waals surface area contributed by atoms with Gasteiger partial charge in [-0.1, -0.05) is 0 Å². The molecule has 2 aliphatic rings. The number of hydroxylamine groups is 2. The molecule has 2 aliphatic heterocycles. The van der Waals surface area contributed by atoms with Gasteiger partial charge in [-0.3, -0.25) is 19.2 Å². The third kappa shape index (κ3) is 4.14. The van der Waals surface area contributed by atoms with Gasteiger partial charge in [-0.05, 0) is 20.8 Å². The van der Waals surface area contributed by atoms with E-state index in [0.29, 0.717) is 0 Å². The molecule has 27 heavy (non-hydrogen) atoms. The molecule has 0 aromatic carbocycles. The van der Waals surface area contributed by atoms with Gasteiger partial charge in [0.2, 0.25) is 5.91 Å². The summed E-state index contributed by atoms with van der Waals surface area (Å²) in [5, 5.41) is 9.99. The fraction of sp³-hybridized carbons (Fsp3) is 0.750. The first-order chi connectivity index (χ1) is 12.4. The Hall–Kier alpha value is -2.40. The molecule has 2 saturated heterocycles. The number of rotatable bonds is 4. The molecule has 4 amide bonds. The number of piperazine rings is 1. The Morgan fingerprint density at radius 2 is 1.89 bits per heavy atom. The number of nitrogens with two attached hydrogens (primary N) is 1. The summed E-state index contributed by atoms with van der Waals surface area (Å²) in [6, 6.07) is 0. The van der Waals surface area contributed by atoms with Crippen LogP contribution in [0.2, 0.25) is 0 Å². The predicted octanol–water partition coefficient (Wildman–Crippen LogP) is -1.56. The van der Waals surface area contributed by atoms with Crippen molar-refractivity contribution in [3.63, 3.8) is 0 Å². The lowest BCUT2D eigenvalue weighted by molar-refractivity contribution is -0.261. The number of amides is 4. The maximum absolute atomic E-state index is 12.8. The fourth-order valence-electron chi connectivity index (χ4n) is 3.11. The van der Waals surface area contributed by atoms with Crippen LogP contribution in [0.15, 0.2) is 0 Å². The average molecular weight is 386 g/mol. The van der Waals surface area contributed by atoms with Crippen LogP contribution in [0.1, 0.15) is 27.7 Å². The molecule has 0 bridgehead atoms. The molecule has 3 N–H and O–H groups in total. The third-order valence-electron chi connectivity index (χ3n) is 4.36. The van der Waals surface area contributed by atoms with Crippen LogP contribution in [0.25, 0.3) is 0 Å². The Morgan fingerprint density at radius 3 is 2.33 bits per heavy atom. The lowest BCUT2D eigenvalue weighted by Crippen LogP contribution is -2.81. The lowest BCUT2D eigenvalue weighted by atomic mass is 9.85. The van der Waals surface area contributed by atoms with Crippen molar-refractivity contribution >= 4 is 23.8 Å². The standard InChI is InChI=1S/C16H26N4O7/c1-10(22)19-6-5-18(14(25)26-15(2,3)4)8-16(19)9-20(13(16)24)27-11(7-21)12(17)23/h11,21H,5-9H2,1-4H3,(H2,17,23). The van der Waals surface area contributed by atoms with Crippen molar-refractivity contribution in [2.75, 3.05) is 32.8 Å². The normalized spacial score (nSPS) is 23.9. The quantitative estimate of drug-likeness (QED) is 0.557. The summed E-state index contributed by atoms with van der Waals surface area (Å²) < 4.78 is 5.34. The molecule has 2 atom stereocenters. The maximum Gasteiger partial charge on any atom is 0.410 e. The summed E-state index contributed by atoms with van der Waals surface area (Å²) in [7, 11) is 0. The zero-order valence-electron chi connectivity index (χ0n) is 15.9. The molecule has 11 nitrogen and oxygen atoms in total. The zero-order chi connectivity index (χ0) is 20.6. The van der Waals surface area contributed by atoms with Crippen LogP contribution in [0.5, 0.6) is 0 Å². The second-order valence-corrected chi connectivity index (χ2v) is 7.62.